The van der Waals surface area contributed by atoms with Crippen LogP contribution in [0.3, 0.4) is 0 Å². The zero-order chi connectivity index (χ0) is 19.6. The number of nitrogens with zero attached hydrogens (tertiary/aromatic N) is 3. The molecule has 0 saturated carbocycles. The van der Waals surface area contributed by atoms with Crippen LogP contribution in [-0.2, 0) is 17.8 Å². The minimum absolute atomic E-state index is 0.116. The van der Waals surface area contributed by atoms with Crippen molar-refractivity contribution in [3.63, 3.8) is 0 Å². The Morgan fingerprint density at radius 3 is 2.39 bits per heavy atom. The fourth-order valence-electron chi connectivity index (χ4n) is 2.69. The Kier molecular flexibility index (Phi) is 7.87. The average Bonchev–Trinajstić information content (AvgIpc) is 3.19. The van der Waals surface area contributed by atoms with E-state index < -0.39 is 0 Å². The van der Waals surface area contributed by atoms with Crippen LogP contribution in [0.25, 0.3) is 0 Å². The van der Waals surface area contributed by atoms with Crippen molar-refractivity contribution in [2.24, 2.45) is 0 Å². The summed E-state index contributed by atoms with van der Waals surface area (Å²) in [6.45, 7) is 4.14. The van der Waals surface area contributed by atoms with E-state index in [1.807, 2.05) is 60.4 Å². The van der Waals surface area contributed by atoms with Gasteiger partial charge in [0.15, 0.2) is 4.34 Å². The van der Waals surface area contributed by atoms with Gasteiger partial charge in [-0.2, -0.15) is 0 Å². The summed E-state index contributed by atoms with van der Waals surface area (Å²) in [4.78, 5) is 14.4. The maximum atomic E-state index is 12.5. The molecule has 3 rings (SSSR count). The van der Waals surface area contributed by atoms with Gasteiger partial charge in [0.05, 0.1) is 5.75 Å². The number of hydrogen-bond acceptors (Lipinski definition) is 6. The molecule has 0 aliphatic carbocycles. The Morgan fingerprint density at radius 2 is 1.71 bits per heavy atom. The lowest BCUT2D eigenvalue weighted by molar-refractivity contribution is -0.128. The number of aromatic nitrogens is 2. The maximum Gasteiger partial charge on any atom is 0.233 e. The summed E-state index contributed by atoms with van der Waals surface area (Å²) in [6.07, 6.45) is 0.937. The van der Waals surface area contributed by atoms with E-state index in [0.29, 0.717) is 18.8 Å². The first kappa shape index (κ1) is 20.4. The smallest absolute Gasteiger partial charge is 0.233 e. The van der Waals surface area contributed by atoms with Crippen molar-refractivity contribution in [2.75, 3.05) is 24.2 Å². The van der Waals surface area contributed by atoms with Crippen LogP contribution in [0.4, 0.5) is 5.13 Å². The molecule has 2 aromatic carbocycles. The van der Waals surface area contributed by atoms with E-state index in [1.165, 1.54) is 28.7 Å². The number of nitrogens with one attached hydrogen (secondary N) is 1. The van der Waals surface area contributed by atoms with Gasteiger partial charge in [-0.15, -0.1) is 10.2 Å². The van der Waals surface area contributed by atoms with Crippen LogP contribution >= 0.6 is 23.1 Å². The van der Waals surface area contributed by atoms with E-state index >= 15 is 0 Å². The predicted molar refractivity (Wildman–Crippen MR) is 117 cm³/mol. The second kappa shape index (κ2) is 10.8. The molecule has 1 heterocycles. The first-order chi connectivity index (χ1) is 13.7. The van der Waals surface area contributed by atoms with Gasteiger partial charge in [-0.3, -0.25) is 4.79 Å². The normalized spacial score (nSPS) is 10.6. The topological polar surface area (TPSA) is 58.1 Å². The summed E-state index contributed by atoms with van der Waals surface area (Å²) in [5.41, 5.74) is 2.43. The van der Waals surface area contributed by atoms with Crippen LogP contribution < -0.4 is 5.32 Å². The van der Waals surface area contributed by atoms with Gasteiger partial charge in [-0.1, -0.05) is 83.8 Å². The van der Waals surface area contributed by atoms with Crippen LogP contribution in [0.1, 0.15) is 18.1 Å². The van der Waals surface area contributed by atoms with Gasteiger partial charge in [0.25, 0.3) is 0 Å². The second-order valence-corrected chi connectivity index (χ2v) is 8.42. The molecule has 7 heteroatoms. The molecule has 0 aliphatic rings. The second-order valence-electron chi connectivity index (χ2n) is 6.22. The van der Waals surface area contributed by atoms with E-state index in [-0.39, 0.29) is 5.91 Å². The van der Waals surface area contributed by atoms with Gasteiger partial charge in [0, 0.05) is 19.6 Å². The first-order valence-electron chi connectivity index (χ1n) is 9.30. The van der Waals surface area contributed by atoms with E-state index in [4.69, 9.17) is 0 Å². The molecule has 0 aliphatic heterocycles. The molecular weight excluding hydrogens is 388 g/mol. The van der Waals surface area contributed by atoms with Crippen molar-refractivity contribution < 1.29 is 4.79 Å². The Labute approximate surface area is 174 Å². The van der Waals surface area contributed by atoms with E-state index in [1.54, 1.807) is 0 Å². The lowest BCUT2D eigenvalue weighted by atomic mass is 10.2. The van der Waals surface area contributed by atoms with Gasteiger partial charge in [-0.25, -0.2) is 0 Å². The summed E-state index contributed by atoms with van der Waals surface area (Å²) in [5, 5.41) is 12.4. The van der Waals surface area contributed by atoms with Gasteiger partial charge < -0.3 is 10.2 Å². The van der Waals surface area contributed by atoms with Crippen LogP contribution in [0, 0.1) is 0 Å². The highest BCUT2D eigenvalue weighted by Gasteiger charge is 2.14. The lowest BCUT2D eigenvalue weighted by Crippen LogP contribution is -2.31. The molecule has 3 aromatic rings. The molecule has 0 spiro atoms. The lowest BCUT2D eigenvalue weighted by Gasteiger charge is -2.20. The van der Waals surface area contributed by atoms with Crippen LogP contribution in [0.2, 0.25) is 0 Å². The van der Waals surface area contributed by atoms with Crippen molar-refractivity contribution in [3.8, 4) is 0 Å². The molecule has 5 nitrogen and oxygen atoms in total. The van der Waals surface area contributed by atoms with E-state index in [0.717, 1.165) is 28.0 Å². The minimum atomic E-state index is 0.116. The third-order valence-corrected chi connectivity index (χ3v) is 6.21. The molecule has 0 fully saturated rings. The summed E-state index contributed by atoms with van der Waals surface area (Å²) >= 11 is 2.94. The molecule has 0 radical (unpaired) electrons. The van der Waals surface area contributed by atoms with Crippen molar-refractivity contribution in [1.29, 1.82) is 0 Å². The predicted octanol–water partition coefficient (Wildman–Crippen LogP) is 4.33. The molecular formula is C21H24N4OS2. The quantitative estimate of drug-likeness (QED) is 0.502. The molecule has 1 N–H and O–H groups in total. The fourth-order valence-corrected chi connectivity index (χ4v) is 4.37. The van der Waals surface area contributed by atoms with Gasteiger partial charge in [0.1, 0.15) is 0 Å². The maximum absolute atomic E-state index is 12.5. The summed E-state index contributed by atoms with van der Waals surface area (Å²) < 4.78 is 0.811. The molecule has 146 valence electrons. The van der Waals surface area contributed by atoms with Crippen molar-refractivity contribution >= 4 is 34.1 Å². The molecule has 1 amide bonds. The van der Waals surface area contributed by atoms with Crippen molar-refractivity contribution in [3.05, 3.63) is 71.8 Å². The Balaban J connectivity index is 1.43. The Morgan fingerprint density at radius 1 is 1.04 bits per heavy atom. The van der Waals surface area contributed by atoms with Crippen LogP contribution in [0.15, 0.2) is 65.0 Å². The number of hydrogen-bond donors (Lipinski definition) is 1. The average molecular weight is 413 g/mol. The highest BCUT2D eigenvalue weighted by Crippen LogP contribution is 2.25. The number of benzene rings is 2. The number of amides is 1. The Hall–Kier alpha value is -2.38. The SMILES string of the molecule is CCN(Cc1ccccc1)C(=O)CSc1nnc(NCCc2ccccc2)s1. The molecule has 1 aromatic heterocycles. The number of carbonyl (C=O) groups is 1. The molecule has 28 heavy (non-hydrogen) atoms. The molecule has 0 unspecified atom stereocenters. The number of thioether (sulfide) groups is 1. The largest absolute Gasteiger partial charge is 0.360 e. The van der Waals surface area contributed by atoms with E-state index in [2.05, 4.69) is 27.6 Å². The van der Waals surface area contributed by atoms with Crippen LogP contribution in [-0.4, -0.2) is 39.8 Å². The standard InChI is InChI=1S/C21H24N4OS2/c1-2-25(15-18-11-7-4-8-12-18)19(26)16-27-21-24-23-20(28-21)22-14-13-17-9-5-3-6-10-17/h3-12H,2,13-16H2,1H3,(H,22,23). The highest BCUT2D eigenvalue weighted by atomic mass is 32.2. The third-order valence-electron chi connectivity index (χ3n) is 4.21. The summed E-state index contributed by atoms with van der Waals surface area (Å²) in [6, 6.07) is 20.4. The zero-order valence-electron chi connectivity index (χ0n) is 15.9. The van der Waals surface area contributed by atoms with Crippen molar-refractivity contribution in [1.82, 2.24) is 15.1 Å². The Bertz CT molecular complexity index is 855. The monoisotopic (exact) mass is 412 g/mol. The summed E-state index contributed by atoms with van der Waals surface area (Å²) in [5.74, 6) is 0.490. The minimum Gasteiger partial charge on any atom is -0.360 e. The van der Waals surface area contributed by atoms with Crippen LogP contribution in [0.5, 0.6) is 0 Å². The fraction of sp³-hybridized carbons (Fsp3) is 0.286. The highest BCUT2D eigenvalue weighted by molar-refractivity contribution is 8.01. The molecule has 0 atom stereocenters. The zero-order valence-corrected chi connectivity index (χ0v) is 17.5. The summed E-state index contributed by atoms with van der Waals surface area (Å²) in [7, 11) is 0. The van der Waals surface area contributed by atoms with Gasteiger partial charge in [-0.05, 0) is 24.5 Å². The number of anilines is 1. The third kappa shape index (κ3) is 6.35. The van der Waals surface area contributed by atoms with E-state index in [9.17, 15) is 4.79 Å². The van der Waals surface area contributed by atoms with Gasteiger partial charge >= 0.3 is 0 Å². The number of rotatable bonds is 10. The molecule has 0 saturated heterocycles. The number of carbonyl (C=O) groups excluding carboxylic acids is 1. The van der Waals surface area contributed by atoms with Crippen molar-refractivity contribution in [2.45, 2.75) is 24.2 Å². The first-order valence-corrected chi connectivity index (χ1v) is 11.1. The molecule has 0 bridgehead atoms. The van der Waals surface area contributed by atoms with Gasteiger partial charge in [0.2, 0.25) is 11.0 Å².